The number of aryl methyl sites for hydroxylation is 1. The molecule has 6 nitrogen and oxygen atoms in total. The number of thiophene rings is 1. The van der Waals surface area contributed by atoms with Gasteiger partial charge >= 0.3 is 6.03 Å². The van der Waals surface area contributed by atoms with Gasteiger partial charge in [-0.3, -0.25) is 14.5 Å². The molecule has 0 radical (unpaired) electrons. The first-order valence-corrected chi connectivity index (χ1v) is 10.9. The predicted molar refractivity (Wildman–Crippen MR) is 103 cm³/mol. The van der Waals surface area contributed by atoms with Gasteiger partial charge in [-0.25, -0.2) is 4.79 Å². The molecule has 1 saturated carbocycles. The normalized spacial score (nSPS) is 25.6. The number of amides is 4. The summed E-state index contributed by atoms with van der Waals surface area (Å²) in [6, 6.07) is 1.75. The maximum absolute atomic E-state index is 13.3. The molecule has 0 unspecified atom stereocenters. The average Bonchev–Trinajstić information content (AvgIpc) is 3.24. The molecule has 1 saturated heterocycles. The van der Waals surface area contributed by atoms with Crippen LogP contribution in [0.2, 0.25) is 0 Å². The molecule has 2 fully saturated rings. The van der Waals surface area contributed by atoms with E-state index < -0.39 is 11.6 Å². The van der Waals surface area contributed by atoms with Crippen LogP contribution in [0.15, 0.2) is 11.4 Å². The van der Waals surface area contributed by atoms with Crippen molar-refractivity contribution in [3.05, 3.63) is 21.9 Å². The minimum absolute atomic E-state index is 0.119. The predicted octanol–water partition coefficient (Wildman–Crippen LogP) is 3.01. The molecule has 1 N–H and O–H groups in total. The Balaban J connectivity index is 1.52. The SMILES string of the molecule is CCN(C(=O)CN1C(=O)N[C@@]2(CCCc3sccc32)C1=O)C1CCCCC1. The third-order valence-corrected chi connectivity index (χ3v) is 7.29. The molecule has 1 aromatic heterocycles. The van der Waals surface area contributed by atoms with Crippen LogP contribution in [-0.4, -0.2) is 46.8 Å². The summed E-state index contributed by atoms with van der Waals surface area (Å²) in [4.78, 5) is 43.0. The number of rotatable bonds is 4. The number of likely N-dealkylation sites (N-methyl/N-ethyl adjacent to an activating group) is 1. The van der Waals surface area contributed by atoms with Gasteiger partial charge in [0.1, 0.15) is 12.1 Å². The number of carbonyl (C=O) groups excluding carboxylic acids is 3. The molecule has 2 heterocycles. The average molecular weight is 390 g/mol. The molecule has 1 atom stereocenters. The van der Waals surface area contributed by atoms with E-state index in [0.29, 0.717) is 13.0 Å². The van der Waals surface area contributed by atoms with E-state index in [1.165, 1.54) is 11.3 Å². The summed E-state index contributed by atoms with van der Waals surface area (Å²) in [5, 5.41) is 4.91. The van der Waals surface area contributed by atoms with Crippen LogP contribution in [0, 0.1) is 0 Å². The fourth-order valence-corrected chi connectivity index (χ4v) is 5.94. The Morgan fingerprint density at radius 3 is 2.81 bits per heavy atom. The van der Waals surface area contributed by atoms with Crippen molar-refractivity contribution in [1.82, 2.24) is 15.1 Å². The van der Waals surface area contributed by atoms with Crippen LogP contribution in [0.3, 0.4) is 0 Å². The van der Waals surface area contributed by atoms with Crippen molar-refractivity contribution in [3.63, 3.8) is 0 Å². The van der Waals surface area contributed by atoms with Crippen LogP contribution < -0.4 is 5.32 Å². The molecule has 0 aromatic carbocycles. The Bertz CT molecular complexity index is 755. The molecule has 4 amide bonds. The molecule has 146 valence electrons. The van der Waals surface area contributed by atoms with Gasteiger partial charge in [0.2, 0.25) is 5.91 Å². The van der Waals surface area contributed by atoms with Crippen molar-refractivity contribution in [3.8, 4) is 0 Å². The van der Waals surface area contributed by atoms with Gasteiger partial charge in [-0.1, -0.05) is 19.3 Å². The molecule has 27 heavy (non-hydrogen) atoms. The lowest BCUT2D eigenvalue weighted by Gasteiger charge is -2.34. The molecule has 3 aliphatic rings. The zero-order valence-electron chi connectivity index (χ0n) is 15.8. The van der Waals surface area contributed by atoms with Crippen LogP contribution in [0.1, 0.15) is 62.3 Å². The zero-order chi connectivity index (χ0) is 19.0. The third-order valence-electron chi connectivity index (χ3n) is 6.31. The molecule has 1 aromatic rings. The van der Waals surface area contributed by atoms with E-state index >= 15 is 0 Å². The molecule has 2 aliphatic carbocycles. The van der Waals surface area contributed by atoms with E-state index in [2.05, 4.69) is 5.32 Å². The molecule has 1 spiro atoms. The second-order valence-electron chi connectivity index (χ2n) is 7.81. The summed E-state index contributed by atoms with van der Waals surface area (Å²) in [5.41, 5.74) is -0.0426. The lowest BCUT2D eigenvalue weighted by Crippen LogP contribution is -2.49. The maximum atomic E-state index is 13.3. The summed E-state index contributed by atoms with van der Waals surface area (Å²) in [7, 11) is 0. The monoisotopic (exact) mass is 389 g/mol. The minimum atomic E-state index is -0.965. The standard InChI is InChI=1S/C20H27N3O3S/c1-2-22(14-7-4-3-5-8-14)17(24)13-23-18(25)20(21-19(23)26)11-6-9-16-15(20)10-12-27-16/h10,12,14H,2-9,11,13H2,1H3,(H,21,26)/t20-/m1/s1. The minimum Gasteiger partial charge on any atom is -0.338 e. The highest BCUT2D eigenvalue weighted by Gasteiger charge is 2.54. The number of hydrogen-bond acceptors (Lipinski definition) is 4. The number of carbonyl (C=O) groups is 3. The Labute approximate surface area is 163 Å². The first-order chi connectivity index (χ1) is 13.1. The number of fused-ring (bicyclic) bond motifs is 2. The van der Waals surface area contributed by atoms with Crippen LogP contribution in [-0.2, 0) is 21.5 Å². The number of urea groups is 1. The van der Waals surface area contributed by atoms with Crippen molar-refractivity contribution in [2.45, 2.75) is 69.9 Å². The lowest BCUT2D eigenvalue weighted by atomic mass is 9.80. The highest BCUT2D eigenvalue weighted by atomic mass is 32.1. The zero-order valence-corrected chi connectivity index (χ0v) is 16.6. The van der Waals surface area contributed by atoms with E-state index in [4.69, 9.17) is 0 Å². The van der Waals surface area contributed by atoms with Gasteiger partial charge in [0.25, 0.3) is 5.91 Å². The third kappa shape index (κ3) is 3.06. The smallest absolute Gasteiger partial charge is 0.325 e. The first-order valence-electron chi connectivity index (χ1n) is 10.1. The van der Waals surface area contributed by atoms with Gasteiger partial charge in [-0.05, 0) is 50.5 Å². The van der Waals surface area contributed by atoms with Gasteiger partial charge in [0.05, 0.1) is 0 Å². The number of nitrogens with one attached hydrogen (secondary N) is 1. The summed E-state index contributed by atoms with van der Waals surface area (Å²) < 4.78 is 0. The van der Waals surface area contributed by atoms with Gasteiger partial charge in [0.15, 0.2) is 0 Å². The maximum Gasteiger partial charge on any atom is 0.325 e. The van der Waals surface area contributed by atoms with E-state index in [0.717, 1.165) is 49.0 Å². The van der Waals surface area contributed by atoms with Crippen LogP contribution in [0.25, 0.3) is 0 Å². The highest BCUT2D eigenvalue weighted by molar-refractivity contribution is 7.10. The Morgan fingerprint density at radius 2 is 2.07 bits per heavy atom. The largest absolute Gasteiger partial charge is 0.338 e. The number of hydrogen-bond donors (Lipinski definition) is 1. The number of imide groups is 1. The quantitative estimate of drug-likeness (QED) is 0.805. The second kappa shape index (κ2) is 7.26. The van der Waals surface area contributed by atoms with E-state index in [1.807, 2.05) is 23.3 Å². The van der Waals surface area contributed by atoms with Gasteiger partial charge in [0, 0.05) is 23.0 Å². The second-order valence-corrected chi connectivity index (χ2v) is 8.81. The number of nitrogens with zero attached hydrogens (tertiary/aromatic N) is 2. The molecule has 0 bridgehead atoms. The summed E-state index contributed by atoms with van der Waals surface area (Å²) in [6.07, 6.45) is 7.95. The van der Waals surface area contributed by atoms with E-state index in [9.17, 15) is 14.4 Å². The van der Waals surface area contributed by atoms with Crippen LogP contribution >= 0.6 is 11.3 Å². The van der Waals surface area contributed by atoms with Gasteiger partial charge in [-0.15, -0.1) is 11.3 Å². The van der Waals surface area contributed by atoms with Crippen LogP contribution in [0.5, 0.6) is 0 Å². The van der Waals surface area contributed by atoms with Crippen molar-refractivity contribution in [1.29, 1.82) is 0 Å². The molecule has 7 heteroatoms. The van der Waals surface area contributed by atoms with Gasteiger partial charge in [-0.2, -0.15) is 0 Å². The van der Waals surface area contributed by atoms with Crippen molar-refractivity contribution in [2.24, 2.45) is 0 Å². The van der Waals surface area contributed by atoms with E-state index in [-0.39, 0.29) is 24.4 Å². The highest BCUT2D eigenvalue weighted by Crippen LogP contribution is 2.42. The molecule has 4 rings (SSSR count). The molecular weight excluding hydrogens is 362 g/mol. The topological polar surface area (TPSA) is 69.7 Å². The Hall–Kier alpha value is -1.89. The van der Waals surface area contributed by atoms with Crippen molar-refractivity contribution >= 4 is 29.2 Å². The summed E-state index contributed by atoms with van der Waals surface area (Å²) in [5.74, 6) is -0.383. The van der Waals surface area contributed by atoms with Crippen molar-refractivity contribution in [2.75, 3.05) is 13.1 Å². The molecular formula is C20H27N3O3S. The van der Waals surface area contributed by atoms with Gasteiger partial charge < -0.3 is 10.2 Å². The lowest BCUT2D eigenvalue weighted by molar-refractivity contribution is -0.141. The Morgan fingerprint density at radius 1 is 1.30 bits per heavy atom. The van der Waals surface area contributed by atoms with E-state index in [1.54, 1.807) is 11.3 Å². The van der Waals surface area contributed by atoms with Crippen molar-refractivity contribution < 1.29 is 14.4 Å². The van der Waals surface area contributed by atoms with Crippen LogP contribution in [0.4, 0.5) is 4.79 Å². The summed E-state index contributed by atoms with van der Waals surface area (Å²) >= 11 is 1.63. The fourth-order valence-electron chi connectivity index (χ4n) is 4.94. The summed E-state index contributed by atoms with van der Waals surface area (Å²) in [6.45, 7) is 2.43. The fraction of sp³-hybridized carbons (Fsp3) is 0.650. The molecule has 1 aliphatic heterocycles. The Kier molecular flexibility index (Phi) is 4.97. The first kappa shape index (κ1) is 18.5.